The van der Waals surface area contributed by atoms with Crippen molar-refractivity contribution >= 4 is 31.9 Å². The van der Waals surface area contributed by atoms with E-state index in [2.05, 4.69) is 45.7 Å². The molecule has 0 bridgehead atoms. The van der Waals surface area contributed by atoms with Crippen LogP contribution in [-0.4, -0.2) is 10.7 Å². The summed E-state index contributed by atoms with van der Waals surface area (Å²) >= 11 is 6.60. The summed E-state index contributed by atoms with van der Waals surface area (Å²) in [5, 5.41) is 2.30. The lowest BCUT2D eigenvalue weighted by molar-refractivity contribution is 0.781. The molecule has 0 rings (SSSR count). The summed E-state index contributed by atoms with van der Waals surface area (Å²) in [6.45, 7) is 4.34. The van der Waals surface area contributed by atoms with Crippen molar-refractivity contribution < 1.29 is 0 Å². The Balaban J connectivity index is 0. The zero-order chi connectivity index (χ0) is 8.24. The van der Waals surface area contributed by atoms with Gasteiger partial charge in [-0.1, -0.05) is 58.5 Å². The summed E-state index contributed by atoms with van der Waals surface area (Å²) in [5.41, 5.74) is 0. The number of rotatable bonds is 4. The van der Waals surface area contributed by atoms with Gasteiger partial charge in [-0.2, -0.15) is 0 Å². The first-order valence-corrected chi connectivity index (χ1v) is 6.19. The lowest BCUT2D eigenvalue weighted by Crippen LogP contribution is -1.70. The SMILES string of the molecule is CCCBr.CCCCCBr. The largest absolute Gasteiger partial charge is 0.0928 e. The van der Waals surface area contributed by atoms with Crippen LogP contribution in [0.15, 0.2) is 0 Å². The maximum absolute atomic E-state index is 3.35. The van der Waals surface area contributed by atoms with Crippen LogP contribution in [0.1, 0.15) is 39.5 Å². The van der Waals surface area contributed by atoms with Gasteiger partial charge in [0.05, 0.1) is 0 Å². The van der Waals surface area contributed by atoms with Crippen LogP contribution in [0.5, 0.6) is 0 Å². The van der Waals surface area contributed by atoms with E-state index in [-0.39, 0.29) is 0 Å². The van der Waals surface area contributed by atoms with Gasteiger partial charge in [0.15, 0.2) is 0 Å². The minimum absolute atomic E-state index is 1.13. The van der Waals surface area contributed by atoms with E-state index >= 15 is 0 Å². The average molecular weight is 274 g/mol. The third kappa shape index (κ3) is 23.1. The van der Waals surface area contributed by atoms with Gasteiger partial charge in [-0.3, -0.25) is 0 Å². The lowest BCUT2D eigenvalue weighted by atomic mass is 10.3. The van der Waals surface area contributed by atoms with Crippen molar-refractivity contribution in [2.45, 2.75) is 39.5 Å². The van der Waals surface area contributed by atoms with Gasteiger partial charge in [0.25, 0.3) is 0 Å². The van der Waals surface area contributed by atoms with Crippen molar-refractivity contribution in [1.29, 1.82) is 0 Å². The summed E-state index contributed by atoms with van der Waals surface area (Å²) in [6, 6.07) is 0. The molecule has 0 aliphatic carbocycles. The molecule has 0 unspecified atom stereocenters. The third-order valence-electron chi connectivity index (χ3n) is 0.926. The van der Waals surface area contributed by atoms with Crippen molar-refractivity contribution in [3.8, 4) is 0 Å². The van der Waals surface area contributed by atoms with E-state index in [0.29, 0.717) is 0 Å². The molecule has 0 radical (unpaired) electrons. The first-order valence-electron chi connectivity index (χ1n) is 3.95. The van der Waals surface area contributed by atoms with E-state index in [0.717, 1.165) is 5.33 Å². The maximum Gasteiger partial charge on any atom is 0.00313 e. The van der Waals surface area contributed by atoms with Gasteiger partial charge in [-0.05, 0) is 12.8 Å². The zero-order valence-corrected chi connectivity index (χ0v) is 10.2. The normalized spacial score (nSPS) is 8.40. The first kappa shape index (κ1) is 13.5. The zero-order valence-electron chi connectivity index (χ0n) is 7.00. The summed E-state index contributed by atoms with van der Waals surface area (Å²) < 4.78 is 0. The molecule has 0 amide bonds. The molecular formula is C8H18Br2. The standard InChI is InChI=1S/C5H11Br.C3H7Br/c1-2-3-4-5-6;1-2-3-4/h2-5H2,1H3;2-3H2,1H3. The van der Waals surface area contributed by atoms with Gasteiger partial charge in [-0.25, -0.2) is 0 Å². The molecule has 0 heterocycles. The lowest BCUT2D eigenvalue weighted by Gasteiger charge is -1.85. The smallest absolute Gasteiger partial charge is 0.00313 e. The summed E-state index contributed by atoms with van der Waals surface area (Å²) in [6.07, 6.45) is 5.26. The third-order valence-corrected chi connectivity index (χ3v) is 2.28. The second-order valence-electron chi connectivity index (χ2n) is 2.09. The minimum atomic E-state index is 1.13. The van der Waals surface area contributed by atoms with Gasteiger partial charge in [0, 0.05) is 10.7 Å². The Hall–Kier alpha value is 0.960. The number of alkyl halides is 2. The Labute approximate surface area is 82.0 Å². The molecule has 0 aliphatic rings. The molecule has 0 spiro atoms. The van der Waals surface area contributed by atoms with Crippen molar-refractivity contribution in [3.05, 3.63) is 0 Å². The monoisotopic (exact) mass is 272 g/mol. The van der Waals surface area contributed by atoms with E-state index in [1.165, 1.54) is 31.0 Å². The Bertz CT molecular complexity index is 32.2. The highest BCUT2D eigenvalue weighted by Gasteiger charge is 1.76. The molecule has 0 atom stereocenters. The van der Waals surface area contributed by atoms with Crippen LogP contribution in [0, 0.1) is 0 Å². The first-order chi connectivity index (χ1) is 4.83. The molecule has 0 aromatic heterocycles. The Morgan fingerprint density at radius 1 is 0.800 bits per heavy atom. The van der Waals surface area contributed by atoms with E-state index in [1.807, 2.05) is 0 Å². The Morgan fingerprint density at radius 3 is 1.40 bits per heavy atom. The van der Waals surface area contributed by atoms with Crippen molar-refractivity contribution in [2.75, 3.05) is 10.7 Å². The summed E-state index contributed by atoms with van der Waals surface area (Å²) in [7, 11) is 0. The van der Waals surface area contributed by atoms with Gasteiger partial charge in [0.1, 0.15) is 0 Å². The van der Waals surface area contributed by atoms with E-state index in [4.69, 9.17) is 0 Å². The highest BCUT2D eigenvalue weighted by atomic mass is 79.9. The highest BCUT2D eigenvalue weighted by Crippen LogP contribution is 1.95. The molecule has 0 aromatic carbocycles. The second kappa shape index (κ2) is 16.5. The second-order valence-corrected chi connectivity index (χ2v) is 3.67. The molecule has 0 aromatic rings. The highest BCUT2D eigenvalue weighted by molar-refractivity contribution is 9.09. The topological polar surface area (TPSA) is 0 Å². The molecule has 10 heavy (non-hydrogen) atoms. The molecule has 0 nitrogen and oxygen atoms in total. The van der Waals surface area contributed by atoms with Crippen LogP contribution in [0.3, 0.4) is 0 Å². The van der Waals surface area contributed by atoms with E-state index in [1.54, 1.807) is 0 Å². The molecule has 64 valence electrons. The molecule has 0 saturated heterocycles. The minimum Gasteiger partial charge on any atom is -0.0928 e. The number of hydrogen-bond donors (Lipinski definition) is 0. The van der Waals surface area contributed by atoms with E-state index in [9.17, 15) is 0 Å². The quantitative estimate of drug-likeness (QED) is 0.527. The Morgan fingerprint density at radius 2 is 1.30 bits per heavy atom. The Kier molecular flexibility index (Phi) is 22.4. The summed E-state index contributed by atoms with van der Waals surface area (Å²) in [5.74, 6) is 0. The number of hydrogen-bond acceptors (Lipinski definition) is 0. The fraction of sp³-hybridized carbons (Fsp3) is 1.00. The van der Waals surface area contributed by atoms with Crippen LogP contribution in [-0.2, 0) is 0 Å². The molecule has 2 heteroatoms. The number of unbranched alkanes of at least 4 members (excludes halogenated alkanes) is 2. The predicted octanol–water partition coefficient (Wildman–Crippen LogP) is 4.36. The summed E-state index contributed by atoms with van der Waals surface area (Å²) in [4.78, 5) is 0. The number of halogens is 2. The average Bonchev–Trinajstić information content (AvgIpc) is 2.01. The maximum atomic E-state index is 3.35. The van der Waals surface area contributed by atoms with Crippen molar-refractivity contribution in [3.63, 3.8) is 0 Å². The molecule has 0 aliphatic heterocycles. The van der Waals surface area contributed by atoms with Gasteiger partial charge < -0.3 is 0 Å². The fourth-order valence-electron chi connectivity index (χ4n) is 0.344. The van der Waals surface area contributed by atoms with E-state index < -0.39 is 0 Å². The van der Waals surface area contributed by atoms with Crippen molar-refractivity contribution in [2.24, 2.45) is 0 Å². The van der Waals surface area contributed by atoms with Gasteiger partial charge >= 0.3 is 0 Å². The molecule has 0 N–H and O–H groups in total. The van der Waals surface area contributed by atoms with Gasteiger partial charge in [-0.15, -0.1) is 0 Å². The van der Waals surface area contributed by atoms with Crippen LogP contribution in [0.2, 0.25) is 0 Å². The van der Waals surface area contributed by atoms with Crippen LogP contribution in [0.25, 0.3) is 0 Å². The van der Waals surface area contributed by atoms with Crippen molar-refractivity contribution in [1.82, 2.24) is 0 Å². The van der Waals surface area contributed by atoms with Crippen LogP contribution >= 0.6 is 31.9 Å². The van der Waals surface area contributed by atoms with Crippen LogP contribution < -0.4 is 0 Å². The molecular weight excluding hydrogens is 256 g/mol. The molecule has 0 fully saturated rings. The molecule has 0 saturated carbocycles. The van der Waals surface area contributed by atoms with Crippen LogP contribution in [0.4, 0.5) is 0 Å². The van der Waals surface area contributed by atoms with Gasteiger partial charge in [0.2, 0.25) is 0 Å². The predicted molar refractivity (Wildman–Crippen MR) is 57.4 cm³/mol. The fourth-order valence-corrected chi connectivity index (χ4v) is 0.741.